The number of benzene rings is 7. The molecule has 0 radical (unpaired) electrons. The number of aryl methyl sites for hydroxylation is 2. The minimum Gasteiger partial charge on any atom is -0.309 e. The van der Waals surface area contributed by atoms with E-state index in [1.807, 2.05) is 48.5 Å². The van der Waals surface area contributed by atoms with Crippen molar-refractivity contribution in [2.24, 2.45) is 0 Å². The Balaban J connectivity index is 1.24. The van der Waals surface area contributed by atoms with Crippen LogP contribution in [0.2, 0.25) is 0 Å². The molecule has 3 aromatic heterocycles. The van der Waals surface area contributed by atoms with Gasteiger partial charge in [0.25, 0.3) is 0 Å². The third-order valence-corrected chi connectivity index (χ3v) is 10.1. The molecule has 0 bridgehead atoms. The van der Waals surface area contributed by atoms with Crippen LogP contribution in [0, 0.1) is 13.8 Å². The van der Waals surface area contributed by atoms with Gasteiger partial charge in [-0.1, -0.05) is 114 Å². The topological polar surface area (TPSA) is 56.5 Å². The molecule has 0 fully saturated rings. The summed E-state index contributed by atoms with van der Waals surface area (Å²) in [5.41, 5.74) is 16.8. The lowest BCUT2D eigenvalue weighted by atomic mass is 9.99. The van der Waals surface area contributed by atoms with Crippen molar-refractivity contribution < 1.29 is 0 Å². The Morgan fingerprint density at radius 3 is 1.08 bits per heavy atom. The standard InChI is InChI=1S/C48H33N5/c1-30-16-20-32(21-17-30)45-47(51-41-14-8-6-12-39(41)49-45)34-24-26-43-37(28-34)38-29-35(25-27-44(38)53(43)36-10-4-3-5-11-36)48-46(33-22-18-31(2)19-23-33)50-40-13-7-9-15-42(40)52-48/h3-29H,1-2H3. The molecule has 5 heteroatoms. The quantitative estimate of drug-likeness (QED) is 0.182. The zero-order valence-corrected chi connectivity index (χ0v) is 29.3. The van der Waals surface area contributed by atoms with Crippen molar-refractivity contribution in [1.29, 1.82) is 0 Å². The summed E-state index contributed by atoms with van der Waals surface area (Å²) in [6, 6.07) is 57.2. The molecule has 7 aromatic carbocycles. The summed E-state index contributed by atoms with van der Waals surface area (Å²) in [6.07, 6.45) is 0. The second-order valence-corrected chi connectivity index (χ2v) is 13.7. The van der Waals surface area contributed by atoms with E-state index in [1.165, 1.54) is 11.1 Å². The van der Waals surface area contributed by atoms with Crippen LogP contribution in [0.4, 0.5) is 0 Å². The molecular formula is C48H33N5. The molecule has 3 heterocycles. The largest absolute Gasteiger partial charge is 0.309 e. The molecule has 0 aliphatic rings. The van der Waals surface area contributed by atoms with Crippen molar-refractivity contribution in [2.75, 3.05) is 0 Å². The van der Waals surface area contributed by atoms with E-state index in [0.717, 1.165) is 94.6 Å². The fourth-order valence-corrected chi connectivity index (χ4v) is 7.40. The molecule has 0 spiro atoms. The lowest BCUT2D eigenvalue weighted by Gasteiger charge is -2.12. The Morgan fingerprint density at radius 1 is 0.340 bits per heavy atom. The summed E-state index contributed by atoms with van der Waals surface area (Å²) in [6.45, 7) is 4.21. The van der Waals surface area contributed by atoms with Crippen LogP contribution in [0.15, 0.2) is 164 Å². The highest BCUT2D eigenvalue weighted by molar-refractivity contribution is 6.12. The second-order valence-electron chi connectivity index (χ2n) is 13.7. The third kappa shape index (κ3) is 5.33. The maximum absolute atomic E-state index is 5.25. The monoisotopic (exact) mass is 679 g/mol. The van der Waals surface area contributed by atoms with Gasteiger partial charge in [-0.25, -0.2) is 19.9 Å². The van der Waals surface area contributed by atoms with E-state index < -0.39 is 0 Å². The van der Waals surface area contributed by atoms with E-state index in [1.54, 1.807) is 0 Å². The summed E-state index contributed by atoms with van der Waals surface area (Å²) in [5, 5.41) is 2.25. The molecule has 0 aliphatic carbocycles. The summed E-state index contributed by atoms with van der Waals surface area (Å²) in [7, 11) is 0. The fourth-order valence-electron chi connectivity index (χ4n) is 7.40. The smallest absolute Gasteiger partial charge is 0.0973 e. The van der Waals surface area contributed by atoms with Crippen molar-refractivity contribution in [3.63, 3.8) is 0 Å². The van der Waals surface area contributed by atoms with E-state index in [9.17, 15) is 0 Å². The van der Waals surface area contributed by atoms with Crippen molar-refractivity contribution in [1.82, 2.24) is 24.5 Å². The van der Waals surface area contributed by atoms with Gasteiger partial charge in [-0.15, -0.1) is 0 Å². The van der Waals surface area contributed by atoms with Crippen molar-refractivity contribution >= 4 is 43.9 Å². The minimum atomic E-state index is 0.855. The van der Waals surface area contributed by atoms with Crippen LogP contribution in [0.3, 0.4) is 0 Å². The van der Waals surface area contributed by atoms with Crippen molar-refractivity contribution in [3.05, 3.63) is 175 Å². The third-order valence-electron chi connectivity index (χ3n) is 10.1. The van der Waals surface area contributed by atoms with E-state index in [2.05, 4.69) is 134 Å². The lowest BCUT2D eigenvalue weighted by molar-refractivity contribution is 1.18. The Bertz CT molecular complexity index is 2810. The Labute approximate surface area is 306 Å². The van der Waals surface area contributed by atoms with Crippen LogP contribution in [0.5, 0.6) is 0 Å². The molecule has 0 saturated heterocycles. The number of para-hydroxylation sites is 5. The first-order chi connectivity index (χ1) is 26.1. The molecule has 53 heavy (non-hydrogen) atoms. The van der Waals surface area contributed by atoms with Gasteiger partial charge in [0.1, 0.15) is 0 Å². The van der Waals surface area contributed by atoms with E-state index in [-0.39, 0.29) is 0 Å². The summed E-state index contributed by atoms with van der Waals surface area (Å²) in [4.78, 5) is 20.9. The van der Waals surface area contributed by atoms with Gasteiger partial charge in [-0.3, -0.25) is 0 Å². The van der Waals surface area contributed by atoms with Gasteiger partial charge < -0.3 is 4.57 Å². The highest BCUT2D eigenvalue weighted by atomic mass is 15.0. The SMILES string of the molecule is Cc1ccc(-c2nc3ccccc3nc2-c2ccc3c(c2)c2cc(-c4nc5ccccc5nc4-c4ccc(C)cc4)ccc2n3-c2ccccc2)cc1. The molecule has 5 nitrogen and oxygen atoms in total. The molecule has 0 unspecified atom stereocenters. The number of nitrogens with zero attached hydrogens (tertiary/aromatic N) is 5. The van der Waals surface area contributed by atoms with Gasteiger partial charge in [-0.05, 0) is 74.5 Å². The van der Waals surface area contributed by atoms with Crippen LogP contribution in [-0.4, -0.2) is 24.5 Å². The summed E-state index contributed by atoms with van der Waals surface area (Å²) < 4.78 is 2.35. The van der Waals surface area contributed by atoms with Crippen LogP contribution in [-0.2, 0) is 0 Å². The first-order valence-electron chi connectivity index (χ1n) is 17.9. The van der Waals surface area contributed by atoms with E-state index in [4.69, 9.17) is 19.9 Å². The number of hydrogen-bond donors (Lipinski definition) is 0. The van der Waals surface area contributed by atoms with Crippen molar-refractivity contribution in [2.45, 2.75) is 13.8 Å². The number of hydrogen-bond acceptors (Lipinski definition) is 4. The fraction of sp³-hybridized carbons (Fsp3) is 0.0417. The summed E-state index contributed by atoms with van der Waals surface area (Å²) >= 11 is 0. The van der Waals surface area contributed by atoms with Gasteiger partial charge in [0.2, 0.25) is 0 Å². The molecule has 10 aromatic rings. The number of aromatic nitrogens is 5. The average Bonchev–Trinajstić information content (AvgIpc) is 3.54. The van der Waals surface area contributed by atoms with Crippen LogP contribution in [0.1, 0.15) is 11.1 Å². The van der Waals surface area contributed by atoms with Gasteiger partial charge >= 0.3 is 0 Å². The number of fused-ring (bicyclic) bond motifs is 5. The predicted octanol–water partition coefficient (Wildman–Crippen LogP) is 12.0. The Morgan fingerprint density at radius 2 is 0.679 bits per heavy atom. The molecular weight excluding hydrogens is 647 g/mol. The maximum Gasteiger partial charge on any atom is 0.0973 e. The maximum atomic E-state index is 5.25. The second kappa shape index (κ2) is 12.4. The minimum absolute atomic E-state index is 0.855. The number of rotatable bonds is 5. The van der Waals surface area contributed by atoms with Gasteiger partial charge in [0.15, 0.2) is 0 Å². The first kappa shape index (κ1) is 30.8. The summed E-state index contributed by atoms with van der Waals surface area (Å²) in [5.74, 6) is 0. The highest BCUT2D eigenvalue weighted by Crippen LogP contribution is 2.40. The van der Waals surface area contributed by atoms with Crippen LogP contribution < -0.4 is 0 Å². The molecule has 10 rings (SSSR count). The Kier molecular flexibility index (Phi) is 7.18. The molecule has 250 valence electrons. The molecule has 0 atom stereocenters. The first-order valence-corrected chi connectivity index (χ1v) is 17.9. The van der Waals surface area contributed by atoms with E-state index in [0.29, 0.717) is 0 Å². The van der Waals surface area contributed by atoms with Crippen LogP contribution in [0.25, 0.3) is 94.6 Å². The van der Waals surface area contributed by atoms with Gasteiger partial charge in [-0.2, -0.15) is 0 Å². The lowest BCUT2D eigenvalue weighted by Crippen LogP contribution is -1.96. The predicted molar refractivity (Wildman–Crippen MR) is 218 cm³/mol. The zero-order chi connectivity index (χ0) is 35.5. The molecule has 0 saturated carbocycles. The molecule has 0 N–H and O–H groups in total. The van der Waals surface area contributed by atoms with Crippen molar-refractivity contribution in [3.8, 4) is 50.7 Å². The Hall–Kier alpha value is -6.98. The normalized spacial score (nSPS) is 11.6. The van der Waals surface area contributed by atoms with Gasteiger partial charge in [0, 0.05) is 38.7 Å². The van der Waals surface area contributed by atoms with E-state index >= 15 is 0 Å². The van der Waals surface area contributed by atoms with Gasteiger partial charge in [0.05, 0.1) is 55.9 Å². The average molecular weight is 680 g/mol. The highest BCUT2D eigenvalue weighted by Gasteiger charge is 2.20. The van der Waals surface area contributed by atoms with Crippen LogP contribution >= 0.6 is 0 Å². The molecule has 0 aliphatic heterocycles. The zero-order valence-electron chi connectivity index (χ0n) is 29.3. The molecule has 0 amide bonds.